The number of rotatable bonds is 4. The topological polar surface area (TPSA) is 20.2 Å². The van der Waals surface area contributed by atoms with E-state index in [1.165, 1.54) is 33.3 Å². The maximum absolute atomic E-state index is 3.56. The fraction of sp³-hybridized carbons (Fsp3) is 0.200. The van der Waals surface area contributed by atoms with Crippen molar-refractivity contribution in [1.82, 2.24) is 9.88 Å². The van der Waals surface area contributed by atoms with Crippen LogP contribution in [0.3, 0.4) is 0 Å². The highest BCUT2D eigenvalue weighted by Gasteiger charge is 2.14. The maximum atomic E-state index is 3.56. The van der Waals surface area contributed by atoms with Crippen molar-refractivity contribution in [1.29, 1.82) is 0 Å². The van der Waals surface area contributed by atoms with Gasteiger partial charge in [-0.25, -0.2) is 0 Å². The highest BCUT2D eigenvalue weighted by Crippen LogP contribution is 2.31. The molecule has 0 saturated carbocycles. The molecule has 0 unspecified atom stereocenters. The summed E-state index contributed by atoms with van der Waals surface area (Å²) < 4.78 is 3.43. The number of fused-ring (bicyclic) bond motifs is 1. The van der Waals surface area contributed by atoms with Crippen molar-refractivity contribution in [3.8, 4) is 11.1 Å². The number of piperazine rings is 1. The number of hydrogen-bond donors (Lipinski definition) is 1. The van der Waals surface area contributed by atoms with E-state index in [-0.39, 0.29) is 0 Å². The number of nitrogens with zero attached hydrogens (tertiary/aromatic N) is 2. The summed E-state index contributed by atoms with van der Waals surface area (Å²) in [5, 5.41) is 4.71. The molecule has 3 nitrogen and oxygen atoms in total. The van der Waals surface area contributed by atoms with Crippen LogP contribution >= 0.6 is 15.9 Å². The minimum atomic E-state index is 0.880. The number of para-hydroxylation sites is 1. The van der Waals surface area contributed by atoms with Crippen LogP contribution in [0.25, 0.3) is 22.0 Å². The Bertz CT molecular complexity index is 1120. The summed E-state index contributed by atoms with van der Waals surface area (Å²) in [5.41, 5.74) is 6.51. The van der Waals surface area contributed by atoms with E-state index in [4.69, 9.17) is 0 Å². The molecule has 4 aromatic rings. The van der Waals surface area contributed by atoms with Gasteiger partial charge in [0.1, 0.15) is 0 Å². The largest absolute Gasteiger partial charge is 0.368 e. The lowest BCUT2D eigenvalue weighted by atomic mass is 10.0. The first-order chi connectivity index (χ1) is 14.3. The smallest absolute Gasteiger partial charge is 0.0484 e. The van der Waals surface area contributed by atoms with E-state index >= 15 is 0 Å². The molecule has 1 aliphatic rings. The Morgan fingerprint density at radius 2 is 1.66 bits per heavy atom. The average molecular weight is 446 g/mol. The van der Waals surface area contributed by atoms with Gasteiger partial charge in [0.05, 0.1) is 0 Å². The molecule has 0 amide bonds. The molecule has 1 aromatic heterocycles. The van der Waals surface area contributed by atoms with E-state index in [1.807, 2.05) is 0 Å². The van der Waals surface area contributed by atoms with Crippen LogP contribution in [0.1, 0.15) is 5.56 Å². The molecular weight excluding hydrogens is 422 g/mol. The van der Waals surface area contributed by atoms with Gasteiger partial charge in [-0.15, -0.1) is 0 Å². The third kappa shape index (κ3) is 3.83. The predicted molar refractivity (Wildman–Crippen MR) is 126 cm³/mol. The van der Waals surface area contributed by atoms with E-state index in [0.717, 1.165) is 37.2 Å². The van der Waals surface area contributed by atoms with Gasteiger partial charge in [-0.3, -0.25) is 0 Å². The molecule has 4 heteroatoms. The second-order valence-electron chi connectivity index (χ2n) is 7.60. The lowest BCUT2D eigenvalue weighted by Gasteiger charge is -2.31. The van der Waals surface area contributed by atoms with Crippen LogP contribution in [0.15, 0.2) is 83.5 Å². The Kier molecular flexibility index (Phi) is 5.13. The van der Waals surface area contributed by atoms with E-state index in [9.17, 15) is 0 Å². The third-order valence-electron chi connectivity index (χ3n) is 5.71. The Labute approximate surface area is 180 Å². The van der Waals surface area contributed by atoms with Crippen molar-refractivity contribution in [2.45, 2.75) is 6.54 Å². The van der Waals surface area contributed by atoms with Crippen LogP contribution in [-0.2, 0) is 6.54 Å². The molecular formula is C25H24BrN3. The lowest BCUT2D eigenvalue weighted by Crippen LogP contribution is -2.43. The molecule has 1 fully saturated rings. The second-order valence-corrected chi connectivity index (χ2v) is 8.51. The van der Waals surface area contributed by atoms with E-state index in [1.54, 1.807) is 0 Å². The van der Waals surface area contributed by atoms with Gasteiger partial charge in [0.15, 0.2) is 0 Å². The molecule has 0 bridgehead atoms. The number of nitrogens with one attached hydrogen (secondary N) is 1. The third-order valence-corrected chi connectivity index (χ3v) is 6.21. The van der Waals surface area contributed by atoms with Crippen LogP contribution in [0.5, 0.6) is 0 Å². The standard InChI is InChI=1S/C25H24BrN3/c26-22-9-10-24-21(17-22)11-14-29(24)18-19-5-7-20(8-6-19)23-3-1-2-4-25(23)28-15-12-27-13-16-28/h1-11,14,17,27H,12-13,15-16,18H2. The van der Waals surface area contributed by atoms with Gasteiger partial charge >= 0.3 is 0 Å². The molecule has 1 N–H and O–H groups in total. The summed E-state index contributed by atoms with van der Waals surface area (Å²) in [6, 6.07) is 26.4. The number of hydrogen-bond acceptors (Lipinski definition) is 2. The van der Waals surface area contributed by atoms with Crippen molar-refractivity contribution in [2.75, 3.05) is 31.1 Å². The number of halogens is 1. The molecule has 0 spiro atoms. The van der Waals surface area contributed by atoms with Crippen molar-refractivity contribution in [3.05, 3.63) is 89.0 Å². The van der Waals surface area contributed by atoms with Crippen LogP contribution < -0.4 is 10.2 Å². The second kappa shape index (κ2) is 8.05. The van der Waals surface area contributed by atoms with E-state index in [2.05, 4.69) is 110 Å². The Morgan fingerprint density at radius 3 is 2.48 bits per heavy atom. The van der Waals surface area contributed by atoms with Gasteiger partial charge in [0, 0.05) is 65.5 Å². The SMILES string of the molecule is Brc1ccc2c(ccn2Cc2ccc(-c3ccccc3N3CCNCC3)cc2)c1. The van der Waals surface area contributed by atoms with Gasteiger partial charge < -0.3 is 14.8 Å². The first kappa shape index (κ1) is 18.5. The summed E-state index contributed by atoms with van der Waals surface area (Å²) in [6.45, 7) is 5.10. The zero-order chi connectivity index (χ0) is 19.6. The number of benzene rings is 3. The Morgan fingerprint density at radius 1 is 0.862 bits per heavy atom. The van der Waals surface area contributed by atoms with E-state index < -0.39 is 0 Å². The lowest BCUT2D eigenvalue weighted by molar-refractivity contribution is 0.589. The average Bonchev–Trinajstić information content (AvgIpc) is 3.16. The fourth-order valence-corrected chi connectivity index (χ4v) is 4.57. The molecule has 0 aliphatic carbocycles. The summed E-state index contributed by atoms with van der Waals surface area (Å²) in [4.78, 5) is 2.49. The zero-order valence-electron chi connectivity index (χ0n) is 16.3. The first-order valence-corrected chi connectivity index (χ1v) is 11.0. The van der Waals surface area contributed by atoms with Crippen LogP contribution in [0.4, 0.5) is 5.69 Å². The van der Waals surface area contributed by atoms with Crippen LogP contribution in [0, 0.1) is 0 Å². The molecule has 5 rings (SSSR count). The van der Waals surface area contributed by atoms with Gasteiger partial charge in [-0.05, 0) is 41.5 Å². The van der Waals surface area contributed by atoms with Gasteiger partial charge in [-0.1, -0.05) is 58.4 Å². The minimum Gasteiger partial charge on any atom is -0.368 e. The summed E-state index contributed by atoms with van der Waals surface area (Å²) >= 11 is 3.56. The van der Waals surface area contributed by atoms with Crippen LogP contribution in [0.2, 0.25) is 0 Å². The molecule has 2 heterocycles. The molecule has 29 heavy (non-hydrogen) atoms. The van der Waals surface area contributed by atoms with Gasteiger partial charge in [-0.2, -0.15) is 0 Å². The predicted octanol–water partition coefficient (Wildman–Crippen LogP) is 5.53. The summed E-state index contributed by atoms with van der Waals surface area (Å²) in [5.74, 6) is 0. The summed E-state index contributed by atoms with van der Waals surface area (Å²) in [6.07, 6.45) is 2.17. The number of anilines is 1. The Hall–Kier alpha value is -2.56. The minimum absolute atomic E-state index is 0.880. The monoisotopic (exact) mass is 445 g/mol. The highest BCUT2D eigenvalue weighted by molar-refractivity contribution is 9.10. The molecule has 0 radical (unpaired) electrons. The molecule has 0 atom stereocenters. The molecule has 146 valence electrons. The zero-order valence-corrected chi connectivity index (χ0v) is 17.9. The maximum Gasteiger partial charge on any atom is 0.0484 e. The van der Waals surface area contributed by atoms with Gasteiger partial charge in [0.25, 0.3) is 0 Å². The normalized spacial score (nSPS) is 14.4. The van der Waals surface area contributed by atoms with Crippen molar-refractivity contribution in [2.24, 2.45) is 0 Å². The molecule has 1 aliphatic heterocycles. The fourth-order valence-electron chi connectivity index (χ4n) is 4.19. The quantitative estimate of drug-likeness (QED) is 0.445. The van der Waals surface area contributed by atoms with Gasteiger partial charge in [0.2, 0.25) is 0 Å². The number of aromatic nitrogens is 1. The van der Waals surface area contributed by atoms with Crippen LogP contribution in [-0.4, -0.2) is 30.7 Å². The molecule has 3 aromatic carbocycles. The Balaban J connectivity index is 1.41. The highest BCUT2D eigenvalue weighted by atomic mass is 79.9. The van der Waals surface area contributed by atoms with Crippen molar-refractivity contribution < 1.29 is 0 Å². The first-order valence-electron chi connectivity index (χ1n) is 10.2. The summed E-state index contributed by atoms with van der Waals surface area (Å²) in [7, 11) is 0. The van der Waals surface area contributed by atoms with E-state index in [0.29, 0.717) is 0 Å². The molecule has 1 saturated heterocycles. The van der Waals surface area contributed by atoms with Crippen molar-refractivity contribution >= 4 is 32.5 Å². The van der Waals surface area contributed by atoms with Crippen molar-refractivity contribution in [3.63, 3.8) is 0 Å².